The van der Waals surface area contributed by atoms with Crippen molar-refractivity contribution in [3.05, 3.63) is 22.9 Å². The Bertz CT molecular complexity index is 656. The zero-order chi connectivity index (χ0) is 14.0. The number of hydrogen-bond donors (Lipinski definition) is 1. The Morgan fingerprint density at radius 3 is 2.42 bits per heavy atom. The molecular formula is C11H16N8. The van der Waals surface area contributed by atoms with E-state index in [9.17, 15) is 0 Å². The van der Waals surface area contributed by atoms with Crippen LogP contribution in [-0.2, 0) is 0 Å². The number of fused-ring (bicyclic) bond motifs is 1. The summed E-state index contributed by atoms with van der Waals surface area (Å²) in [5.74, 6) is 1.11. The SMILES string of the molecule is CN(C)C=Nc1nc(N)nc2c1=NC(=CN(C)C)N=2. The number of nitrogens with zero attached hydrogens (tertiary/aromatic N) is 7. The van der Waals surface area contributed by atoms with Crippen LogP contribution in [0.25, 0.3) is 0 Å². The highest BCUT2D eigenvalue weighted by Gasteiger charge is 2.10. The summed E-state index contributed by atoms with van der Waals surface area (Å²) in [6.07, 6.45) is 3.42. The van der Waals surface area contributed by atoms with Gasteiger partial charge < -0.3 is 15.5 Å². The Kier molecular flexibility index (Phi) is 3.41. The molecule has 0 unspecified atom stereocenters. The molecule has 100 valence electrons. The second-order valence-electron chi connectivity index (χ2n) is 4.46. The molecule has 0 atom stereocenters. The molecule has 1 aromatic heterocycles. The summed E-state index contributed by atoms with van der Waals surface area (Å²) in [7, 11) is 7.53. The molecule has 1 aromatic rings. The predicted molar refractivity (Wildman–Crippen MR) is 72.4 cm³/mol. The van der Waals surface area contributed by atoms with Gasteiger partial charge in [-0.1, -0.05) is 0 Å². The number of nitrogens with two attached hydrogens (primary N) is 1. The third-order valence-corrected chi connectivity index (χ3v) is 2.10. The standard InChI is InChI=1S/C11H16N8/c1-18(2)5-7-14-8-9(13-6-19(3)4)16-11(12)17-10(8)15-7/h5-6H,1-4H3,(H2,12,15,17). The van der Waals surface area contributed by atoms with Crippen molar-refractivity contribution in [2.45, 2.75) is 0 Å². The average Bonchev–Trinajstić information content (AvgIpc) is 2.66. The molecule has 0 fully saturated rings. The highest BCUT2D eigenvalue weighted by atomic mass is 15.2. The molecule has 0 aliphatic carbocycles. The fourth-order valence-electron chi connectivity index (χ4n) is 1.42. The summed E-state index contributed by atoms with van der Waals surface area (Å²) in [6.45, 7) is 0. The molecule has 8 heteroatoms. The van der Waals surface area contributed by atoms with Crippen LogP contribution in [0, 0.1) is 0 Å². The van der Waals surface area contributed by atoms with Crippen molar-refractivity contribution in [2.75, 3.05) is 33.9 Å². The van der Waals surface area contributed by atoms with Gasteiger partial charge in [0.15, 0.2) is 22.5 Å². The van der Waals surface area contributed by atoms with Gasteiger partial charge in [-0.3, -0.25) is 0 Å². The lowest BCUT2D eigenvalue weighted by molar-refractivity contribution is 0.556. The molecule has 0 aromatic carbocycles. The van der Waals surface area contributed by atoms with E-state index in [-0.39, 0.29) is 5.95 Å². The first-order valence-electron chi connectivity index (χ1n) is 5.65. The second-order valence-corrected chi connectivity index (χ2v) is 4.46. The molecule has 8 nitrogen and oxygen atoms in total. The number of hydrogen-bond acceptors (Lipinski definition) is 7. The van der Waals surface area contributed by atoms with Crippen LogP contribution in [-0.4, -0.2) is 54.3 Å². The van der Waals surface area contributed by atoms with E-state index in [1.807, 2.05) is 33.1 Å². The molecule has 1 aliphatic heterocycles. The highest BCUT2D eigenvalue weighted by molar-refractivity contribution is 5.59. The van der Waals surface area contributed by atoms with Gasteiger partial charge in [0.05, 0.1) is 6.34 Å². The van der Waals surface area contributed by atoms with Crippen LogP contribution < -0.4 is 16.6 Å². The van der Waals surface area contributed by atoms with Crippen molar-refractivity contribution in [1.82, 2.24) is 19.8 Å². The minimum absolute atomic E-state index is 0.134. The van der Waals surface area contributed by atoms with Crippen LogP contribution in [0.2, 0.25) is 0 Å². The molecule has 2 rings (SSSR count). The van der Waals surface area contributed by atoms with Gasteiger partial charge >= 0.3 is 0 Å². The van der Waals surface area contributed by atoms with E-state index in [1.165, 1.54) is 0 Å². The topological polar surface area (TPSA) is 95.4 Å². The van der Waals surface area contributed by atoms with Crippen molar-refractivity contribution in [3.63, 3.8) is 0 Å². The molecule has 0 bridgehead atoms. The van der Waals surface area contributed by atoms with Crippen LogP contribution in [0.5, 0.6) is 0 Å². The summed E-state index contributed by atoms with van der Waals surface area (Å²) in [5, 5.41) is 0.542. The summed E-state index contributed by atoms with van der Waals surface area (Å²) in [4.78, 5) is 24.6. The van der Waals surface area contributed by atoms with E-state index in [0.29, 0.717) is 22.5 Å². The van der Waals surface area contributed by atoms with Crippen molar-refractivity contribution in [1.29, 1.82) is 0 Å². The molecule has 19 heavy (non-hydrogen) atoms. The third kappa shape index (κ3) is 3.03. The Hall–Kier alpha value is -2.51. The molecule has 2 N–H and O–H groups in total. The van der Waals surface area contributed by atoms with Crippen LogP contribution in [0.3, 0.4) is 0 Å². The quantitative estimate of drug-likeness (QED) is 0.549. The van der Waals surface area contributed by atoms with Crippen LogP contribution in [0.1, 0.15) is 0 Å². The van der Waals surface area contributed by atoms with Crippen molar-refractivity contribution in [3.8, 4) is 0 Å². The molecular weight excluding hydrogens is 244 g/mol. The maximum Gasteiger partial charge on any atom is 0.224 e. The number of aromatic nitrogens is 2. The fraction of sp³-hybridized carbons (Fsp3) is 0.364. The van der Waals surface area contributed by atoms with E-state index in [2.05, 4.69) is 24.9 Å². The third-order valence-electron chi connectivity index (χ3n) is 2.10. The Morgan fingerprint density at radius 2 is 1.79 bits per heavy atom. The van der Waals surface area contributed by atoms with E-state index < -0.39 is 0 Å². The molecule has 1 aliphatic rings. The van der Waals surface area contributed by atoms with E-state index in [0.717, 1.165) is 0 Å². The Labute approximate surface area is 110 Å². The summed E-state index contributed by atoms with van der Waals surface area (Å²) in [6, 6.07) is 0. The number of anilines is 1. The van der Waals surface area contributed by atoms with Gasteiger partial charge in [0.25, 0.3) is 0 Å². The van der Waals surface area contributed by atoms with Gasteiger partial charge in [-0.25, -0.2) is 15.0 Å². The highest BCUT2D eigenvalue weighted by Crippen LogP contribution is 2.05. The van der Waals surface area contributed by atoms with Crippen LogP contribution in [0.4, 0.5) is 11.8 Å². The number of aliphatic imine (C=N–C) groups is 1. The maximum atomic E-state index is 5.64. The normalized spacial score (nSPS) is 15.3. The minimum Gasteiger partial charge on any atom is -0.380 e. The molecule has 0 spiro atoms. The summed E-state index contributed by atoms with van der Waals surface area (Å²) < 4.78 is 0. The lowest BCUT2D eigenvalue weighted by atomic mass is 10.5. The molecule has 2 heterocycles. The zero-order valence-corrected chi connectivity index (χ0v) is 11.4. The van der Waals surface area contributed by atoms with Gasteiger partial charge in [0, 0.05) is 34.4 Å². The van der Waals surface area contributed by atoms with Gasteiger partial charge in [-0.15, -0.1) is 0 Å². The van der Waals surface area contributed by atoms with Gasteiger partial charge in [-0.2, -0.15) is 9.97 Å². The Morgan fingerprint density at radius 1 is 1.05 bits per heavy atom. The second kappa shape index (κ2) is 5.01. The minimum atomic E-state index is 0.134. The number of nitrogen functional groups attached to an aromatic ring is 1. The summed E-state index contributed by atoms with van der Waals surface area (Å²) in [5.41, 5.74) is 6.09. The first-order valence-corrected chi connectivity index (χ1v) is 5.65. The first kappa shape index (κ1) is 12.9. The van der Waals surface area contributed by atoms with Crippen LogP contribution in [0.15, 0.2) is 27.0 Å². The van der Waals surface area contributed by atoms with Crippen molar-refractivity contribution in [2.24, 2.45) is 15.0 Å². The Balaban J connectivity index is 2.56. The average molecular weight is 260 g/mol. The van der Waals surface area contributed by atoms with Crippen molar-refractivity contribution >= 4 is 18.1 Å². The molecule has 0 saturated carbocycles. The van der Waals surface area contributed by atoms with Gasteiger partial charge in [0.2, 0.25) is 5.95 Å². The zero-order valence-electron chi connectivity index (χ0n) is 11.4. The monoisotopic (exact) mass is 260 g/mol. The number of rotatable bonds is 3. The summed E-state index contributed by atoms with van der Waals surface area (Å²) >= 11 is 0. The van der Waals surface area contributed by atoms with E-state index in [4.69, 9.17) is 5.73 Å². The van der Waals surface area contributed by atoms with Gasteiger partial charge in [0.1, 0.15) is 0 Å². The van der Waals surface area contributed by atoms with Gasteiger partial charge in [-0.05, 0) is 0 Å². The molecule has 0 amide bonds. The van der Waals surface area contributed by atoms with Crippen LogP contribution >= 0.6 is 0 Å². The molecule has 0 radical (unpaired) electrons. The predicted octanol–water partition coefficient (Wildman–Crippen LogP) is -1.11. The van der Waals surface area contributed by atoms with E-state index >= 15 is 0 Å². The van der Waals surface area contributed by atoms with E-state index in [1.54, 1.807) is 17.4 Å². The molecule has 0 saturated heterocycles. The lowest BCUT2D eigenvalue weighted by Gasteiger charge is -2.02. The smallest absolute Gasteiger partial charge is 0.224 e. The first-order chi connectivity index (χ1) is 8.95. The largest absolute Gasteiger partial charge is 0.380 e. The van der Waals surface area contributed by atoms with Crippen molar-refractivity contribution < 1.29 is 0 Å². The lowest BCUT2D eigenvalue weighted by Crippen LogP contribution is -2.28. The fourth-order valence-corrected chi connectivity index (χ4v) is 1.42. The maximum absolute atomic E-state index is 5.64.